The third-order valence-corrected chi connectivity index (χ3v) is 3.23. The van der Waals surface area contributed by atoms with Crippen LogP contribution in [-0.2, 0) is 4.79 Å². The second-order valence-electron chi connectivity index (χ2n) is 4.77. The quantitative estimate of drug-likeness (QED) is 0.589. The molecule has 0 aromatic heterocycles. The van der Waals surface area contributed by atoms with Crippen molar-refractivity contribution in [2.75, 3.05) is 20.1 Å². The number of amides is 1. The van der Waals surface area contributed by atoms with Crippen molar-refractivity contribution < 1.29 is 9.90 Å². The number of carbonyl (C=O) groups is 1. The fraction of sp³-hybridized carbons (Fsp3) is 0.917. The van der Waals surface area contributed by atoms with E-state index in [9.17, 15) is 9.90 Å². The number of hydrogen-bond donors (Lipinski definition) is 3. The maximum Gasteiger partial charge on any atom is 0.220 e. The normalized spacial score (nSPS) is 19.4. The summed E-state index contributed by atoms with van der Waals surface area (Å²) in [5, 5.41) is 16.0. The molecule has 0 spiro atoms. The summed E-state index contributed by atoms with van der Waals surface area (Å²) in [5.74, 6) is 0.0502. The smallest absolute Gasteiger partial charge is 0.220 e. The topological polar surface area (TPSA) is 61.4 Å². The molecule has 0 aromatic carbocycles. The largest absolute Gasteiger partial charge is 0.388 e. The highest BCUT2D eigenvalue weighted by Gasteiger charge is 2.29. The highest BCUT2D eigenvalue weighted by atomic mass is 16.3. The molecule has 1 rings (SSSR count). The molecule has 4 heteroatoms. The Labute approximate surface area is 97.8 Å². The van der Waals surface area contributed by atoms with Gasteiger partial charge in [-0.15, -0.1) is 0 Å². The van der Waals surface area contributed by atoms with Gasteiger partial charge in [-0.1, -0.05) is 19.3 Å². The van der Waals surface area contributed by atoms with Crippen LogP contribution in [-0.4, -0.2) is 36.8 Å². The first-order chi connectivity index (χ1) is 7.66. The Bertz CT molecular complexity index is 213. The van der Waals surface area contributed by atoms with Gasteiger partial charge in [0.05, 0.1) is 5.60 Å². The van der Waals surface area contributed by atoms with E-state index >= 15 is 0 Å². The molecule has 0 heterocycles. The van der Waals surface area contributed by atoms with Gasteiger partial charge in [0.15, 0.2) is 0 Å². The van der Waals surface area contributed by atoms with Gasteiger partial charge in [0.1, 0.15) is 0 Å². The van der Waals surface area contributed by atoms with Crippen molar-refractivity contribution in [1.82, 2.24) is 10.6 Å². The lowest BCUT2D eigenvalue weighted by Gasteiger charge is -2.32. The van der Waals surface area contributed by atoms with Gasteiger partial charge in [0.25, 0.3) is 0 Å². The van der Waals surface area contributed by atoms with Gasteiger partial charge in [-0.2, -0.15) is 0 Å². The summed E-state index contributed by atoms with van der Waals surface area (Å²) < 4.78 is 0. The van der Waals surface area contributed by atoms with Gasteiger partial charge >= 0.3 is 0 Å². The number of nitrogens with one attached hydrogen (secondary N) is 2. The Morgan fingerprint density at radius 1 is 1.31 bits per heavy atom. The van der Waals surface area contributed by atoms with Gasteiger partial charge in [0.2, 0.25) is 5.91 Å². The molecule has 94 valence electrons. The lowest BCUT2D eigenvalue weighted by Crippen LogP contribution is -2.44. The summed E-state index contributed by atoms with van der Waals surface area (Å²) in [6.45, 7) is 1.28. The summed E-state index contributed by atoms with van der Waals surface area (Å²) in [6.07, 6.45) is 6.39. The average molecular weight is 228 g/mol. The van der Waals surface area contributed by atoms with Gasteiger partial charge in [0, 0.05) is 13.0 Å². The monoisotopic (exact) mass is 228 g/mol. The van der Waals surface area contributed by atoms with Crippen LogP contribution in [0.25, 0.3) is 0 Å². The molecule has 16 heavy (non-hydrogen) atoms. The van der Waals surface area contributed by atoms with E-state index < -0.39 is 5.60 Å². The summed E-state index contributed by atoms with van der Waals surface area (Å²) in [5.41, 5.74) is -0.642. The first kappa shape index (κ1) is 13.5. The highest BCUT2D eigenvalue weighted by Crippen LogP contribution is 2.27. The molecule has 3 N–H and O–H groups in total. The zero-order valence-corrected chi connectivity index (χ0v) is 10.2. The molecule has 1 saturated carbocycles. The van der Waals surface area contributed by atoms with E-state index in [1.807, 2.05) is 7.05 Å². The zero-order valence-electron chi connectivity index (χ0n) is 10.2. The molecule has 0 aliphatic heterocycles. The first-order valence-corrected chi connectivity index (χ1v) is 6.30. The van der Waals surface area contributed by atoms with Gasteiger partial charge in [-0.3, -0.25) is 4.79 Å². The number of hydrogen-bond acceptors (Lipinski definition) is 3. The molecule has 1 amide bonds. The van der Waals surface area contributed by atoms with E-state index in [0.29, 0.717) is 13.0 Å². The predicted octanol–water partition coefficient (Wildman–Crippen LogP) is 0.797. The van der Waals surface area contributed by atoms with Crippen LogP contribution in [0.2, 0.25) is 0 Å². The van der Waals surface area contributed by atoms with E-state index in [1.54, 1.807) is 0 Å². The van der Waals surface area contributed by atoms with Gasteiger partial charge < -0.3 is 15.7 Å². The molecule has 1 aliphatic rings. The van der Waals surface area contributed by atoms with Crippen molar-refractivity contribution in [3.8, 4) is 0 Å². The van der Waals surface area contributed by atoms with E-state index in [2.05, 4.69) is 10.6 Å². The molecule has 0 aromatic rings. The predicted molar refractivity (Wildman–Crippen MR) is 64.2 cm³/mol. The van der Waals surface area contributed by atoms with Crippen molar-refractivity contribution in [2.24, 2.45) is 0 Å². The second-order valence-corrected chi connectivity index (χ2v) is 4.77. The number of aliphatic hydroxyl groups is 1. The van der Waals surface area contributed by atoms with Crippen LogP contribution in [0.5, 0.6) is 0 Å². The Kier molecular flexibility index (Phi) is 5.77. The van der Waals surface area contributed by atoms with E-state index in [4.69, 9.17) is 0 Å². The molecule has 4 nitrogen and oxygen atoms in total. The minimum absolute atomic E-state index is 0.0502. The maximum atomic E-state index is 11.5. The lowest BCUT2D eigenvalue weighted by atomic mass is 9.85. The van der Waals surface area contributed by atoms with E-state index in [0.717, 1.165) is 38.6 Å². The summed E-state index contributed by atoms with van der Waals surface area (Å²) in [7, 11) is 1.88. The third-order valence-electron chi connectivity index (χ3n) is 3.23. The SMILES string of the molecule is CNCCCC(=O)NCC1(O)CCCCC1. The molecule has 1 fully saturated rings. The minimum atomic E-state index is -0.642. The summed E-state index contributed by atoms with van der Waals surface area (Å²) in [4.78, 5) is 11.5. The highest BCUT2D eigenvalue weighted by molar-refractivity contribution is 5.75. The summed E-state index contributed by atoms with van der Waals surface area (Å²) >= 11 is 0. The fourth-order valence-corrected chi connectivity index (χ4v) is 2.16. The van der Waals surface area contributed by atoms with Crippen LogP contribution < -0.4 is 10.6 Å². The fourth-order valence-electron chi connectivity index (χ4n) is 2.16. The second kappa shape index (κ2) is 6.86. The number of carbonyl (C=O) groups excluding carboxylic acids is 1. The first-order valence-electron chi connectivity index (χ1n) is 6.30. The van der Waals surface area contributed by atoms with Crippen LogP contribution in [0.15, 0.2) is 0 Å². The van der Waals surface area contributed by atoms with E-state index in [1.165, 1.54) is 6.42 Å². The number of rotatable bonds is 6. The Hall–Kier alpha value is -0.610. The summed E-state index contributed by atoms with van der Waals surface area (Å²) in [6, 6.07) is 0. The standard InChI is InChI=1S/C12H24N2O2/c1-13-9-5-6-11(15)14-10-12(16)7-3-2-4-8-12/h13,16H,2-10H2,1H3,(H,14,15). The molecular formula is C12H24N2O2. The molecule has 0 radical (unpaired) electrons. The van der Waals surface area contributed by atoms with Gasteiger partial charge in [-0.05, 0) is 32.9 Å². The van der Waals surface area contributed by atoms with Crippen molar-refractivity contribution in [2.45, 2.75) is 50.5 Å². The molecule has 0 atom stereocenters. The Morgan fingerprint density at radius 3 is 2.62 bits per heavy atom. The molecule has 1 aliphatic carbocycles. The molecular weight excluding hydrogens is 204 g/mol. The van der Waals surface area contributed by atoms with Gasteiger partial charge in [-0.25, -0.2) is 0 Å². The van der Waals surface area contributed by atoms with Crippen LogP contribution in [0.3, 0.4) is 0 Å². The Balaban J connectivity index is 2.14. The maximum absolute atomic E-state index is 11.5. The average Bonchev–Trinajstić information content (AvgIpc) is 2.28. The van der Waals surface area contributed by atoms with Crippen LogP contribution in [0.1, 0.15) is 44.9 Å². The van der Waals surface area contributed by atoms with Crippen molar-refractivity contribution in [1.29, 1.82) is 0 Å². The van der Waals surface area contributed by atoms with Crippen LogP contribution in [0.4, 0.5) is 0 Å². The molecule has 0 saturated heterocycles. The van der Waals surface area contributed by atoms with E-state index in [-0.39, 0.29) is 5.91 Å². The van der Waals surface area contributed by atoms with Crippen molar-refractivity contribution in [3.05, 3.63) is 0 Å². The lowest BCUT2D eigenvalue weighted by molar-refractivity contribution is -0.122. The van der Waals surface area contributed by atoms with Crippen LogP contribution >= 0.6 is 0 Å². The third kappa shape index (κ3) is 4.94. The van der Waals surface area contributed by atoms with Crippen molar-refractivity contribution in [3.63, 3.8) is 0 Å². The van der Waals surface area contributed by atoms with Crippen LogP contribution in [0, 0.1) is 0 Å². The van der Waals surface area contributed by atoms with Crippen molar-refractivity contribution >= 4 is 5.91 Å². The molecule has 0 bridgehead atoms. The Morgan fingerprint density at radius 2 is 2.00 bits per heavy atom. The zero-order chi connectivity index (χ0) is 11.9. The molecule has 0 unspecified atom stereocenters. The minimum Gasteiger partial charge on any atom is -0.388 e.